The molecule has 194 valence electrons. The Kier molecular flexibility index (Phi) is 8.66. The molecule has 0 aliphatic carbocycles. The van der Waals surface area contributed by atoms with Crippen molar-refractivity contribution >= 4 is 40.7 Å². The van der Waals surface area contributed by atoms with Crippen LogP contribution in [-0.4, -0.2) is 77.6 Å². The third-order valence-corrected chi connectivity index (χ3v) is 7.73. The highest BCUT2D eigenvalue weighted by molar-refractivity contribution is 6.33. The van der Waals surface area contributed by atoms with E-state index in [1.54, 1.807) is 6.07 Å². The summed E-state index contributed by atoms with van der Waals surface area (Å²) < 4.78 is 4.94. The van der Waals surface area contributed by atoms with Crippen LogP contribution >= 0.6 is 23.2 Å². The minimum absolute atomic E-state index is 0.0986. The Labute approximate surface area is 221 Å². The number of rotatable bonds is 7. The van der Waals surface area contributed by atoms with E-state index in [1.807, 2.05) is 12.1 Å². The quantitative estimate of drug-likeness (QED) is 0.287. The minimum atomic E-state index is -0.481. The first-order chi connectivity index (χ1) is 17.3. The van der Waals surface area contributed by atoms with E-state index in [9.17, 15) is 14.9 Å². The van der Waals surface area contributed by atoms with Crippen molar-refractivity contribution in [1.29, 1.82) is 0 Å². The van der Waals surface area contributed by atoms with Gasteiger partial charge < -0.3 is 9.64 Å². The number of piperazine rings is 1. The third kappa shape index (κ3) is 5.91. The average molecular weight is 536 g/mol. The zero-order chi connectivity index (χ0) is 25.8. The molecule has 2 aliphatic heterocycles. The van der Waals surface area contributed by atoms with Gasteiger partial charge in [-0.3, -0.25) is 19.9 Å². The summed E-state index contributed by atoms with van der Waals surface area (Å²) >= 11 is 12.5. The van der Waals surface area contributed by atoms with E-state index < -0.39 is 4.92 Å². The van der Waals surface area contributed by atoms with Gasteiger partial charge in [0.2, 0.25) is 0 Å². The molecule has 9 nitrogen and oxygen atoms in total. The Hall–Kier alpha value is -2.46. The highest BCUT2D eigenvalue weighted by atomic mass is 35.5. The van der Waals surface area contributed by atoms with Crippen LogP contribution in [0.25, 0.3) is 0 Å². The number of carbonyl (C=O) groups excluding carboxylic acids is 1. The summed E-state index contributed by atoms with van der Waals surface area (Å²) in [5, 5.41) is 11.8. The van der Waals surface area contributed by atoms with Crippen molar-refractivity contribution in [1.82, 2.24) is 14.8 Å². The highest BCUT2D eigenvalue weighted by Gasteiger charge is 2.34. The summed E-state index contributed by atoms with van der Waals surface area (Å²) in [6.07, 6.45) is 4.37. The molecule has 4 rings (SSSR count). The van der Waals surface area contributed by atoms with Gasteiger partial charge in [0.1, 0.15) is 12.0 Å². The number of benzene rings is 1. The number of hydrogen-bond donors (Lipinski definition) is 0. The van der Waals surface area contributed by atoms with Crippen LogP contribution in [0.2, 0.25) is 10.0 Å². The number of piperidine rings is 1. The zero-order valence-corrected chi connectivity index (χ0v) is 22.0. The van der Waals surface area contributed by atoms with Crippen LogP contribution in [0.5, 0.6) is 0 Å². The van der Waals surface area contributed by atoms with E-state index in [1.165, 1.54) is 19.4 Å². The highest BCUT2D eigenvalue weighted by Crippen LogP contribution is 2.31. The number of ether oxygens (including phenoxy) is 1. The third-order valence-electron chi connectivity index (χ3n) is 7.21. The lowest BCUT2D eigenvalue weighted by Crippen LogP contribution is -2.58. The topological polar surface area (TPSA) is 92.0 Å². The molecular weight excluding hydrogens is 505 g/mol. The number of anilines is 1. The van der Waals surface area contributed by atoms with Gasteiger partial charge in [0, 0.05) is 49.4 Å². The standard InChI is InChI=1S/C25H31Cl2N5O4/c1-3-19-16-30(24-23(27)13-21(14-28-24)32(34)35)10-11-31(19)20-6-8-29(9-7-20)15-17-4-5-18(26)12-22(17)25(33)36-2/h4-5,12-14,19-20H,3,6-11,15-16H2,1-2H3. The first-order valence-corrected chi connectivity index (χ1v) is 13.0. The second-order valence-corrected chi connectivity index (χ2v) is 10.1. The molecule has 36 heavy (non-hydrogen) atoms. The lowest BCUT2D eigenvalue weighted by atomic mass is 9.97. The molecule has 0 spiro atoms. The van der Waals surface area contributed by atoms with E-state index in [-0.39, 0.29) is 11.7 Å². The van der Waals surface area contributed by atoms with E-state index in [4.69, 9.17) is 27.9 Å². The van der Waals surface area contributed by atoms with Crippen LogP contribution < -0.4 is 4.90 Å². The largest absolute Gasteiger partial charge is 0.465 e. The van der Waals surface area contributed by atoms with Crippen molar-refractivity contribution in [3.63, 3.8) is 0 Å². The van der Waals surface area contributed by atoms with Gasteiger partial charge in [-0.15, -0.1) is 0 Å². The summed E-state index contributed by atoms with van der Waals surface area (Å²) in [5.41, 5.74) is 1.35. The maximum atomic E-state index is 12.2. The number of esters is 1. The van der Waals surface area contributed by atoms with Crippen molar-refractivity contribution in [2.75, 3.05) is 44.7 Å². The number of likely N-dealkylation sites (tertiary alicyclic amines) is 1. The molecule has 0 amide bonds. The number of methoxy groups -OCH3 is 1. The smallest absolute Gasteiger partial charge is 0.338 e. The number of aromatic nitrogens is 1. The van der Waals surface area contributed by atoms with E-state index in [2.05, 4.69) is 26.6 Å². The summed E-state index contributed by atoms with van der Waals surface area (Å²) in [7, 11) is 1.38. The molecule has 11 heteroatoms. The van der Waals surface area contributed by atoms with Gasteiger partial charge in [0.15, 0.2) is 0 Å². The summed E-state index contributed by atoms with van der Waals surface area (Å²) in [6.45, 7) is 7.21. The molecule has 3 heterocycles. The fourth-order valence-electron chi connectivity index (χ4n) is 5.30. The number of pyridine rings is 1. The molecule has 0 radical (unpaired) electrons. The molecule has 0 bridgehead atoms. The Balaban J connectivity index is 1.36. The second-order valence-electron chi connectivity index (χ2n) is 9.30. The summed E-state index contributed by atoms with van der Waals surface area (Å²) in [5.74, 6) is 0.244. The molecule has 0 saturated carbocycles. The number of nitrogens with zero attached hydrogens (tertiary/aromatic N) is 5. The van der Waals surface area contributed by atoms with Gasteiger partial charge in [-0.25, -0.2) is 9.78 Å². The maximum Gasteiger partial charge on any atom is 0.338 e. The molecule has 2 aliphatic rings. The van der Waals surface area contributed by atoms with Gasteiger partial charge in [-0.2, -0.15) is 0 Å². The molecule has 2 aromatic rings. The minimum Gasteiger partial charge on any atom is -0.465 e. The summed E-state index contributed by atoms with van der Waals surface area (Å²) in [4.78, 5) is 34.2. The van der Waals surface area contributed by atoms with Crippen LogP contribution in [-0.2, 0) is 11.3 Å². The lowest BCUT2D eigenvalue weighted by molar-refractivity contribution is -0.385. The first-order valence-electron chi connectivity index (χ1n) is 12.2. The molecule has 1 atom stereocenters. The van der Waals surface area contributed by atoms with Crippen LogP contribution in [0.15, 0.2) is 30.5 Å². The molecule has 1 aromatic carbocycles. The molecule has 2 fully saturated rings. The van der Waals surface area contributed by atoms with Crippen molar-refractivity contribution in [3.05, 3.63) is 61.7 Å². The van der Waals surface area contributed by atoms with Crippen LogP contribution in [0.4, 0.5) is 11.5 Å². The fraction of sp³-hybridized carbons (Fsp3) is 0.520. The van der Waals surface area contributed by atoms with Crippen LogP contribution in [0.3, 0.4) is 0 Å². The SMILES string of the molecule is CCC1CN(c2ncc([N+](=O)[O-])cc2Cl)CCN1C1CCN(Cc2ccc(Cl)cc2C(=O)OC)CC1. The van der Waals surface area contributed by atoms with Crippen molar-refractivity contribution in [2.24, 2.45) is 0 Å². The average Bonchev–Trinajstić information content (AvgIpc) is 2.89. The maximum absolute atomic E-state index is 12.2. The first kappa shape index (κ1) is 26.6. The van der Waals surface area contributed by atoms with Gasteiger partial charge in [0.25, 0.3) is 5.69 Å². The monoisotopic (exact) mass is 535 g/mol. The number of halogens is 2. The van der Waals surface area contributed by atoms with Gasteiger partial charge in [-0.05, 0) is 50.0 Å². The second kappa shape index (κ2) is 11.7. The predicted molar refractivity (Wildman–Crippen MR) is 140 cm³/mol. The number of nitro groups is 1. The van der Waals surface area contributed by atoms with Crippen molar-refractivity contribution < 1.29 is 14.5 Å². The Bertz CT molecular complexity index is 1110. The Morgan fingerprint density at radius 2 is 1.94 bits per heavy atom. The van der Waals surface area contributed by atoms with Gasteiger partial charge in [-0.1, -0.05) is 36.2 Å². The Morgan fingerprint density at radius 3 is 2.58 bits per heavy atom. The van der Waals surface area contributed by atoms with Crippen molar-refractivity contribution in [2.45, 2.75) is 44.8 Å². The van der Waals surface area contributed by atoms with Gasteiger partial charge in [0.05, 0.1) is 22.6 Å². The van der Waals surface area contributed by atoms with E-state index in [0.29, 0.717) is 40.1 Å². The molecule has 2 saturated heterocycles. The molecule has 1 unspecified atom stereocenters. The fourth-order valence-corrected chi connectivity index (χ4v) is 5.75. The number of hydrogen-bond acceptors (Lipinski definition) is 8. The van der Waals surface area contributed by atoms with E-state index >= 15 is 0 Å². The van der Waals surface area contributed by atoms with E-state index in [0.717, 1.165) is 57.5 Å². The predicted octanol–water partition coefficient (Wildman–Crippen LogP) is 4.65. The normalized spacial score (nSPS) is 19.9. The summed E-state index contributed by atoms with van der Waals surface area (Å²) in [6, 6.07) is 7.61. The zero-order valence-electron chi connectivity index (χ0n) is 20.5. The molecule has 1 aromatic heterocycles. The Morgan fingerprint density at radius 1 is 1.19 bits per heavy atom. The number of carbonyl (C=O) groups is 1. The van der Waals surface area contributed by atoms with Crippen molar-refractivity contribution in [3.8, 4) is 0 Å². The molecular formula is C25H31Cl2N5O4. The van der Waals surface area contributed by atoms with Crippen LogP contribution in [0, 0.1) is 10.1 Å². The molecule has 0 N–H and O–H groups in total. The van der Waals surface area contributed by atoms with Gasteiger partial charge >= 0.3 is 5.97 Å². The lowest BCUT2D eigenvalue weighted by Gasteiger charge is -2.47. The van der Waals surface area contributed by atoms with Crippen LogP contribution in [0.1, 0.15) is 42.1 Å².